The normalized spacial score (nSPS) is 9.95. The standard InChI is InChI=1S/C15H10ClFN2O2/c16-14-6-12(19)3-4-13(14)15(20)21-8-10-5-11(17)2-1-9(10)7-18/h1-6H,8,19H2. The molecule has 2 rings (SSSR count). The lowest BCUT2D eigenvalue weighted by Gasteiger charge is -2.08. The molecule has 2 aromatic carbocycles. The van der Waals surface area contributed by atoms with Gasteiger partial charge in [0.1, 0.15) is 12.4 Å². The highest BCUT2D eigenvalue weighted by Gasteiger charge is 2.13. The molecule has 0 unspecified atom stereocenters. The Morgan fingerprint density at radius 1 is 1.33 bits per heavy atom. The number of nitrogens with two attached hydrogens (primary N) is 1. The van der Waals surface area contributed by atoms with Crippen LogP contribution in [-0.2, 0) is 11.3 Å². The first kappa shape index (κ1) is 14.8. The fraction of sp³-hybridized carbons (Fsp3) is 0.0667. The monoisotopic (exact) mass is 304 g/mol. The summed E-state index contributed by atoms with van der Waals surface area (Å²) in [4.78, 5) is 11.9. The number of anilines is 1. The van der Waals surface area contributed by atoms with E-state index >= 15 is 0 Å². The van der Waals surface area contributed by atoms with Crippen LogP contribution in [-0.4, -0.2) is 5.97 Å². The number of ether oxygens (including phenoxy) is 1. The maximum atomic E-state index is 13.2. The van der Waals surface area contributed by atoms with E-state index < -0.39 is 11.8 Å². The van der Waals surface area contributed by atoms with Gasteiger partial charge in [-0.3, -0.25) is 0 Å². The molecule has 0 saturated carbocycles. The quantitative estimate of drug-likeness (QED) is 0.697. The Kier molecular flexibility index (Phi) is 4.41. The largest absolute Gasteiger partial charge is 0.457 e. The third-order valence-corrected chi connectivity index (χ3v) is 3.07. The molecule has 0 radical (unpaired) electrons. The molecule has 0 aliphatic rings. The average molecular weight is 305 g/mol. The number of nitrogen functional groups attached to an aromatic ring is 1. The van der Waals surface area contributed by atoms with Crippen LogP contribution in [0.2, 0.25) is 5.02 Å². The number of carbonyl (C=O) groups excluding carboxylic acids is 1. The predicted octanol–water partition coefficient (Wildman–Crippen LogP) is 3.29. The van der Waals surface area contributed by atoms with E-state index in [9.17, 15) is 9.18 Å². The summed E-state index contributed by atoms with van der Waals surface area (Å²) in [5.41, 5.74) is 6.64. The van der Waals surface area contributed by atoms with Crippen molar-refractivity contribution in [2.45, 2.75) is 6.61 Å². The van der Waals surface area contributed by atoms with Crippen LogP contribution in [0.1, 0.15) is 21.5 Å². The SMILES string of the molecule is N#Cc1ccc(F)cc1COC(=O)c1ccc(N)cc1Cl. The zero-order valence-electron chi connectivity index (χ0n) is 10.8. The summed E-state index contributed by atoms with van der Waals surface area (Å²) in [6.45, 7) is -0.222. The molecular weight excluding hydrogens is 295 g/mol. The molecular formula is C15H10ClFN2O2. The summed E-state index contributed by atoms with van der Waals surface area (Å²) >= 11 is 5.90. The molecule has 2 aromatic rings. The van der Waals surface area contributed by atoms with Gasteiger partial charge >= 0.3 is 5.97 Å². The van der Waals surface area contributed by atoms with E-state index in [1.54, 1.807) is 0 Å². The van der Waals surface area contributed by atoms with E-state index in [-0.39, 0.29) is 28.3 Å². The Balaban J connectivity index is 2.15. The number of hydrogen-bond acceptors (Lipinski definition) is 4. The minimum atomic E-state index is -0.673. The fourth-order valence-electron chi connectivity index (χ4n) is 1.71. The number of nitriles is 1. The van der Waals surface area contributed by atoms with Crippen LogP contribution in [0.5, 0.6) is 0 Å². The highest BCUT2D eigenvalue weighted by molar-refractivity contribution is 6.33. The van der Waals surface area contributed by atoms with Crippen LogP contribution < -0.4 is 5.73 Å². The van der Waals surface area contributed by atoms with Crippen molar-refractivity contribution in [2.24, 2.45) is 0 Å². The summed E-state index contributed by atoms with van der Waals surface area (Å²) in [7, 11) is 0. The van der Waals surface area contributed by atoms with Gasteiger partial charge in [0.15, 0.2) is 0 Å². The molecule has 0 aliphatic carbocycles. The molecule has 6 heteroatoms. The zero-order valence-corrected chi connectivity index (χ0v) is 11.5. The first-order chi connectivity index (χ1) is 10.0. The summed E-state index contributed by atoms with van der Waals surface area (Å²) in [6, 6.07) is 9.94. The summed E-state index contributed by atoms with van der Waals surface area (Å²) < 4.78 is 18.2. The van der Waals surface area contributed by atoms with Crippen LogP contribution in [0.15, 0.2) is 36.4 Å². The highest BCUT2D eigenvalue weighted by Crippen LogP contribution is 2.21. The van der Waals surface area contributed by atoms with Crippen molar-refractivity contribution in [3.8, 4) is 6.07 Å². The van der Waals surface area contributed by atoms with Crippen molar-refractivity contribution in [2.75, 3.05) is 5.73 Å². The van der Waals surface area contributed by atoms with E-state index in [0.29, 0.717) is 5.69 Å². The third-order valence-electron chi connectivity index (χ3n) is 2.76. The lowest BCUT2D eigenvalue weighted by Crippen LogP contribution is -2.07. The molecule has 4 nitrogen and oxygen atoms in total. The van der Waals surface area contributed by atoms with Gasteiger partial charge < -0.3 is 10.5 Å². The number of rotatable bonds is 3. The summed E-state index contributed by atoms with van der Waals surface area (Å²) in [5, 5.41) is 9.08. The molecule has 0 atom stereocenters. The Bertz CT molecular complexity index is 741. The van der Waals surface area contributed by atoms with Crippen LogP contribution >= 0.6 is 11.6 Å². The molecule has 2 N–H and O–H groups in total. The second kappa shape index (κ2) is 6.25. The molecule has 0 amide bonds. The van der Waals surface area contributed by atoms with Gasteiger partial charge in [0.2, 0.25) is 0 Å². The first-order valence-corrected chi connectivity index (χ1v) is 6.29. The molecule has 0 saturated heterocycles. The van der Waals surface area contributed by atoms with Crippen molar-refractivity contribution in [1.82, 2.24) is 0 Å². The number of carbonyl (C=O) groups is 1. The van der Waals surface area contributed by atoms with Crippen LogP contribution in [0, 0.1) is 17.1 Å². The van der Waals surface area contributed by atoms with E-state index in [4.69, 9.17) is 27.3 Å². The van der Waals surface area contributed by atoms with Gasteiger partial charge in [-0.15, -0.1) is 0 Å². The zero-order chi connectivity index (χ0) is 15.4. The Hall–Kier alpha value is -2.58. The van der Waals surface area contributed by atoms with Gasteiger partial charge in [0.25, 0.3) is 0 Å². The van der Waals surface area contributed by atoms with Gasteiger partial charge in [-0.2, -0.15) is 5.26 Å². The second-order valence-electron chi connectivity index (χ2n) is 4.23. The summed E-state index contributed by atoms with van der Waals surface area (Å²) in [6.07, 6.45) is 0. The second-order valence-corrected chi connectivity index (χ2v) is 4.64. The van der Waals surface area contributed by atoms with Gasteiger partial charge in [0.05, 0.1) is 22.2 Å². The molecule has 0 fully saturated rings. The lowest BCUT2D eigenvalue weighted by atomic mass is 10.1. The fourth-order valence-corrected chi connectivity index (χ4v) is 1.97. The minimum Gasteiger partial charge on any atom is -0.457 e. The molecule has 0 aromatic heterocycles. The number of hydrogen-bond donors (Lipinski definition) is 1. The van der Waals surface area contributed by atoms with E-state index in [2.05, 4.69) is 0 Å². The average Bonchev–Trinajstić information content (AvgIpc) is 2.45. The van der Waals surface area contributed by atoms with Gasteiger partial charge in [-0.25, -0.2) is 9.18 Å². The Labute approximate surface area is 125 Å². The van der Waals surface area contributed by atoms with Crippen LogP contribution in [0.25, 0.3) is 0 Å². The van der Waals surface area contributed by atoms with Gasteiger partial charge in [-0.1, -0.05) is 11.6 Å². The third kappa shape index (κ3) is 3.50. The summed E-state index contributed by atoms with van der Waals surface area (Å²) in [5.74, 6) is -1.18. The van der Waals surface area contributed by atoms with E-state index in [1.165, 1.54) is 30.3 Å². The molecule has 0 aliphatic heterocycles. The molecule has 0 bridgehead atoms. The van der Waals surface area contributed by atoms with Crippen LogP contribution in [0.4, 0.5) is 10.1 Å². The van der Waals surface area contributed by atoms with Crippen molar-refractivity contribution in [3.05, 3.63) is 63.9 Å². The van der Waals surface area contributed by atoms with E-state index in [0.717, 1.165) is 6.07 Å². The van der Waals surface area contributed by atoms with Crippen molar-refractivity contribution in [3.63, 3.8) is 0 Å². The minimum absolute atomic E-state index is 0.153. The molecule has 0 heterocycles. The smallest absolute Gasteiger partial charge is 0.339 e. The number of nitrogens with zero attached hydrogens (tertiary/aromatic N) is 1. The van der Waals surface area contributed by atoms with E-state index in [1.807, 2.05) is 6.07 Å². The molecule has 21 heavy (non-hydrogen) atoms. The Morgan fingerprint density at radius 3 is 2.76 bits per heavy atom. The predicted molar refractivity (Wildman–Crippen MR) is 76.1 cm³/mol. The Morgan fingerprint density at radius 2 is 2.10 bits per heavy atom. The maximum Gasteiger partial charge on any atom is 0.339 e. The lowest BCUT2D eigenvalue weighted by molar-refractivity contribution is 0.0472. The molecule has 0 spiro atoms. The number of halogens is 2. The van der Waals surface area contributed by atoms with Gasteiger partial charge in [-0.05, 0) is 36.4 Å². The van der Waals surface area contributed by atoms with Crippen LogP contribution in [0.3, 0.4) is 0 Å². The topological polar surface area (TPSA) is 76.1 Å². The first-order valence-electron chi connectivity index (χ1n) is 5.92. The number of esters is 1. The van der Waals surface area contributed by atoms with Gasteiger partial charge in [0, 0.05) is 11.3 Å². The van der Waals surface area contributed by atoms with Crippen molar-refractivity contribution in [1.29, 1.82) is 5.26 Å². The van der Waals surface area contributed by atoms with Crippen molar-refractivity contribution >= 4 is 23.3 Å². The van der Waals surface area contributed by atoms with Crippen molar-refractivity contribution < 1.29 is 13.9 Å². The number of benzene rings is 2. The highest BCUT2D eigenvalue weighted by atomic mass is 35.5. The maximum absolute atomic E-state index is 13.2. The molecule has 106 valence electrons.